The van der Waals surface area contributed by atoms with Crippen molar-refractivity contribution in [2.75, 3.05) is 23.7 Å². The highest BCUT2D eigenvalue weighted by Gasteiger charge is 2.17. The number of anilines is 1. The predicted molar refractivity (Wildman–Crippen MR) is 127 cm³/mol. The first-order valence-electron chi connectivity index (χ1n) is 10.4. The average Bonchev–Trinajstić information content (AvgIpc) is 2.79. The number of amides is 1. The van der Waals surface area contributed by atoms with Crippen molar-refractivity contribution in [1.82, 2.24) is 4.90 Å². The number of benzene rings is 3. The standard InChI is InChI=1S/C25H28N2O4S/c1-3-27(32(2,29)30)23-14-16-24(17-15-23)31-20-25(28)26(18-21-10-6-4-7-11-21)19-22-12-8-5-9-13-22/h4-17H,3,18-20H2,1-2H3. The van der Waals surface area contributed by atoms with Crippen LogP contribution in [0, 0.1) is 0 Å². The minimum Gasteiger partial charge on any atom is -0.484 e. The summed E-state index contributed by atoms with van der Waals surface area (Å²) in [6, 6.07) is 26.4. The van der Waals surface area contributed by atoms with Crippen LogP contribution in [0.2, 0.25) is 0 Å². The minimum absolute atomic E-state index is 0.109. The van der Waals surface area contributed by atoms with Crippen LogP contribution in [-0.4, -0.2) is 38.6 Å². The molecule has 0 bridgehead atoms. The first-order chi connectivity index (χ1) is 15.4. The van der Waals surface area contributed by atoms with E-state index in [2.05, 4.69) is 0 Å². The van der Waals surface area contributed by atoms with Crippen molar-refractivity contribution in [3.63, 3.8) is 0 Å². The fourth-order valence-electron chi connectivity index (χ4n) is 3.39. The van der Waals surface area contributed by atoms with Gasteiger partial charge in [-0.1, -0.05) is 60.7 Å². The summed E-state index contributed by atoms with van der Waals surface area (Å²) in [5, 5.41) is 0. The van der Waals surface area contributed by atoms with E-state index in [9.17, 15) is 13.2 Å². The molecule has 168 valence electrons. The topological polar surface area (TPSA) is 66.9 Å². The molecule has 0 aliphatic rings. The zero-order valence-electron chi connectivity index (χ0n) is 18.3. The van der Waals surface area contributed by atoms with Crippen LogP contribution in [0.4, 0.5) is 5.69 Å². The van der Waals surface area contributed by atoms with Gasteiger partial charge in [-0.05, 0) is 42.3 Å². The lowest BCUT2D eigenvalue weighted by atomic mass is 10.1. The van der Waals surface area contributed by atoms with Gasteiger partial charge >= 0.3 is 0 Å². The highest BCUT2D eigenvalue weighted by atomic mass is 32.2. The second kappa shape index (κ2) is 10.8. The predicted octanol–water partition coefficient (Wildman–Crippen LogP) is 4.08. The molecule has 0 radical (unpaired) electrons. The molecule has 0 saturated carbocycles. The van der Waals surface area contributed by atoms with Gasteiger partial charge in [0.1, 0.15) is 5.75 Å². The van der Waals surface area contributed by atoms with Crippen LogP contribution < -0.4 is 9.04 Å². The summed E-state index contributed by atoms with van der Waals surface area (Å²) in [6.45, 7) is 2.97. The summed E-state index contributed by atoms with van der Waals surface area (Å²) in [6.07, 6.45) is 1.17. The van der Waals surface area contributed by atoms with E-state index < -0.39 is 10.0 Å². The number of carbonyl (C=O) groups is 1. The molecule has 0 heterocycles. The van der Waals surface area contributed by atoms with Crippen molar-refractivity contribution in [3.8, 4) is 5.75 Å². The van der Waals surface area contributed by atoms with E-state index in [1.807, 2.05) is 60.7 Å². The van der Waals surface area contributed by atoms with Crippen molar-refractivity contribution in [1.29, 1.82) is 0 Å². The summed E-state index contributed by atoms with van der Waals surface area (Å²) in [4.78, 5) is 14.8. The molecule has 1 amide bonds. The maximum atomic E-state index is 13.0. The minimum atomic E-state index is -3.35. The number of ether oxygens (including phenoxy) is 1. The smallest absolute Gasteiger partial charge is 0.261 e. The van der Waals surface area contributed by atoms with Crippen LogP contribution in [-0.2, 0) is 27.9 Å². The Morgan fingerprint density at radius 3 is 1.75 bits per heavy atom. The Bertz CT molecular complexity index is 1060. The molecule has 0 aliphatic heterocycles. The fourth-order valence-corrected chi connectivity index (χ4v) is 4.37. The second-order valence-electron chi connectivity index (χ2n) is 7.43. The lowest BCUT2D eigenvalue weighted by Crippen LogP contribution is -2.34. The molecule has 3 rings (SSSR count). The van der Waals surface area contributed by atoms with Gasteiger partial charge in [0.2, 0.25) is 10.0 Å². The third kappa shape index (κ3) is 6.59. The lowest BCUT2D eigenvalue weighted by molar-refractivity contribution is -0.134. The summed E-state index contributed by atoms with van der Waals surface area (Å²) < 4.78 is 30.8. The monoisotopic (exact) mass is 452 g/mol. The highest BCUT2D eigenvalue weighted by molar-refractivity contribution is 7.92. The van der Waals surface area contributed by atoms with Crippen LogP contribution in [0.5, 0.6) is 5.75 Å². The van der Waals surface area contributed by atoms with E-state index >= 15 is 0 Å². The Kier molecular flexibility index (Phi) is 7.89. The van der Waals surface area contributed by atoms with Crippen LogP contribution in [0.1, 0.15) is 18.1 Å². The number of sulfonamides is 1. The molecule has 7 heteroatoms. The van der Waals surface area contributed by atoms with Gasteiger partial charge in [-0.3, -0.25) is 9.10 Å². The normalized spacial score (nSPS) is 11.1. The molecule has 0 aliphatic carbocycles. The molecule has 0 unspecified atom stereocenters. The average molecular weight is 453 g/mol. The van der Waals surface area contributed by atoms with E-state index in [0.717, 1.165) is 11.1 Å². The number of carbonyl (C=O) groups excluding carboxylic acids is 1. The summed E-state index contributed by atoms with van der Waals surface area (Å²) in [7, 11) is -3.35. The number of hydrogen-bond acceptors (Lipinski definition) is 4. The first kappa shape index (κ1) is 23.3. The molecule has 0 saturated heterocycles. The van der Waals surface area contributed by atoms with E-state index in [0.29, 0.717) is 31.1 Å². The van der Waals surface area contributed by atoms with Crippen molar-refractivity contribution in [2.24, 2.45) is 0 Å². The Balaban J connectivity index is 1.67. The van der Waals surface area contributed by atoms with Crippen molar-refractivity contribution >= 4 is 21.6 Å². The Morgan fingerprint density at radius 2 is 1.31 bits per heavy atom. The largest absolute Gasteiger partial charge is 0.484 e. The second-order valence-corrected chi connectivity index (χ2v) is 9.34. The lowest BCUT2D eigenvalue weighted by Gasteiger charge is -2.23. The third-order valence-corrected chi connectivity index (χ3v) is 6.23. The zero-order chi connectivity index (χ0) is 23.0. The third-order valence-electron chi connectivity index (χ3n) is 4.96. The molecule has 0 aromatic heterocycles. The Morgan fingerprint density at radius 1 is 0.812 bits per heavy atom. The van der Waals surface area contributed by atoms with E-state index in [1.54, 1.807) is 36.1 Å². The van der Waals surface area contributed by atoms with Crippen LogP contribution in [0.3, 0.4) is 0 Å². The van der Waals surface area contributed by atoms with Crippen LogP contribution >= 0.6 is 0 Å². The number of hydrogen-bond donors (Lipinski definition) is 0. The summed E-state index contributed by atoms with van der Waals surface area (Å²) in [5.74, 6) is 0.374. The molecule has 6 nitrogen and oxygen atoms in total. The molecule has 0 fully saturated rings. The molecule has 0 N–H and O–H groups in total. The van der Waals surface area contributed by atoms with E-state index in [1.165, 1.54) is 10.6 Å². The number of nitrogens with zero attached hydrogens (tertiary/aromatic N) is 2. The van der Waals surface area contributed by atoms with Crippen molar-refractivity contribution in [3.05, 3.63) is 96.1 Å². The van der Waals surface area contributed by atoms with Crippen molar-refractivity contribution < 1.29 is 17.9 Å². The van der Waals surface area contributed by atoms with Gasteiger partial charge in [-0.25, -0.2) is 8.42 Å². The SMILES string of the molecule is CCN(c1ccc(OCC(=O)N(Cc2ccccc2)Cc2ccccc2)cc1)S(C)(=O)=O. The van der Waals surface area contributed by atoms with Gasteiger partial charge in [-0.2, -0.15) is 0 Å². The van der Waals surface area contributed by atoms with Crippen LogP contribution in [0.15, 0.2) is 84.9 Å². The van der Waals surface area contributed by atoms with Gasteiger partial charge in [0, 0.05) is 19.6 Å². The zero-order valence-corrected chi connectivity index (χ0v) is 19.2. The molecular formula is C25H28N2O4S. The molecule has 32 heavy (non-hydrogen) atoms. The van der Waals surface area contributed by atoms with Gasteiger partial charge in [0.05, 0.1) is 11.9 Å². The first-order valence-corrected chi connectivity index (χ1v) is 12.3. The molecule has 3 aromatic rings. The molecule has 3 aromatic carbocycles. The maximum Gasteiger partial charge on any atom is 0.261 e. The summed E-state index contributed by atoms with van der Waals surface area (Å²) >= 11 is 0. The Labute approximate surface area is 190 Å². The van der Waals surface area contributed by atoms with Gasteiger partial charge in [0.15, 0.2) is 6.61 Å². The molecule has 0 atom stereocenters. The fraction of sp³-hybridized carbons (Fsp3) is 0.240. The van der Waals surface area contributed by atoms with Gasteiger partial charge in [0.25, 0.3) is 5.91 Å². The summed E-state index contributed by atoms with van der Waals surface area (Å²) in [5.41, 5.74) is 2.64. The van der Waals surface area contributed by atoms with Gasteiger partial charge < -0.3 is 9.64 Å². The quantitative estimate of drug-likeness (QED) is 0.465. The molecular weight excluding hydrogens is 424 g/mol. The highest BCUT2D eigenvalue weighted by Crippen LogP contribution is 2.21. The molecule has 0 spiro atoms. The maximum absolute atomic E-state index is 13.0. The van der Waals surface area contributed by atoms with E-state index in [4.69, 9.17) is 4.74 Å². The Hall–Kier alpha value is -3.32. The van der Waals surface area contributed by atoms with Crippen molar-refractivity contribution in [2.45, 2.75) is 20.0 Å². The van der Waals surface area contributed by atoms with E-state index in [-0.39, 0.29) is 12.5 Å². The van der Waals surface area contributed by atoms with Gasteiger partial charge in [-0.15, -0.1) is 0 Å². The number of rotatable bonds is 10. The van der Waals surface area contributed by atoms with Crippen LogP contribution in [0.25, 0.3) is 0 Å².